The van der Waals surface area contributed by atoms with Crippen LogP contribution in [0.3, 0.4) is 0 Å². The van der Waals surface area contributed by atoms with E-state index in [1.54, 1.807) is 36.4 Å². The van der Waals surface area contributed by atoms with Crippen molar-refractivity contribution < 1.29 is 19.8 Å². The maximum atomic E-state index is 12.0. The fraction of sp³-hybridized carbons (Fsp3) is 0.105. The molecule has 6 nitrogen and oxygen atoms in total. The highest BCUT2D eigenvalue weighted by molar-refractivity contribution is 6.48. The first-order chi connectivity index (χ1) is 12.1. The second kappa shape index (κ2) is 5.68. The smallest absolute Gasteiger partial charge is 0.228 e. The lowest BCUT2D eigenvalue weighted by atomic mass is 9.74. The predicted octanol–water partition coefficient (Wildman–Crippen LogP) is 1.84. The maximum absolute atomic E-state index is 12.0. The SMILES string of the molecule is O=C1C(=O)C(c2c(-c3ccccc3)nn(-c3ccccc3)c2O)C1O. The third-order valence-electron chi connectivity index (χ3n) is 4.37. The largest absolute Gasteiger partial charge is 0.493 e. The summed E-state index contributed by atoms with van der Waals surface area (Å²) in [4.78, 5) is 23.5. The molecule has 2 N–H and O–H groups in total. The fourth-order valence-electron chi connectivity index (χ4n) is 3.05. The molecule has 1 aromatic heterocycles. The molecule has 1 aliphatic carbocycles. The van der Waals surface area contributed by atoms with Gasteiger partial charge in [-0.05, 0) is 12.1 Å². The molecule has 0 bridgehead atoms. The number of hydrogen-bond acceptors (Lipinski definition) is 5. The fourth-order valence-corrected chi connectivity index (χ4v) is 3.05. The van der Waals surface area contributed by atoms with E-state index < -0.39 is 23.6 Å². The molecule has 25 heavy (non-hydrogen) atoms. The number of aliphatic hydroxyl groups is 1. The normalized spacial score (nSPS) is 19.7. The lowest BCUT2D eigenvalue weighted by Crippen LogP contribution is -2.50. The van der Waals surface area contributed by atoms with Crippen LogP contribution >= 0.6 is 0 Å². The highest BCUT2D eigenvalue weighted by Gasteiger charge is 2.52. The van der Waals surface area contributed by atoms with Gasteiger partial charge in [0, 0.05) is 5.56 Å². The molecule has 1 fully saturated rings. The minimum absolute atomic E-state index is 0.173. The van der Waals surface area contributed by atoms with Gasteiger partial charge < -0.3 is 10.2 Å². The predicted molar refractivity (Wildman–Crippen MR) is 89.4 cm³/mol. The number of aromatic nitrogens is 2. The lowest BCUT2D eigenvalue weighted by Gasteiger charge is -2.28. The van der Waals surface area contributed by atoms with Crippen LogP contribution in [0, 0.1) is 0 Å². The Morgan fingerprint density at radius 3 is 2.08 bits per heavy atom. The Morgan fingerprint density at radius 1 is 0.880 bits per heavy atom. The number of rotatable bonds is 3. The van der Waals surface area contributed by atoms with Crippen molar-refractivity contribution in [2.24, 2.45) is 0 Å². The van der Waals surface area contributed by atoms with Gasteiger partial charge in [-0.2, -0.15) is 5.10 Å². The number of ketones is 2. The Hall–Kier alpha value is -3.25. The van der Waals surface area contributed by atoms with Gasteiger partial charge in [0.15, 0.2) is 0 Å². The third-order valence-corrected chi connectivity index (χ3v) is 4.37. The summed E-state index contributed by atoms with van der Waals surface area (Å²) >= 11 is 0. The van der Waals surface area contributed by atoms with Gasteiger partial charge in [0.1, 0.15) is 11.8 Å². The molecule has 2 unspecified atom stereocenters. The average molecular weight is 334 g/mol. The number of nitrogens with zero attached hydrogens (tertiary/aromatic N) is 2. The number of aromatic hydroxyl groups is 1. The maximum Gasteiger partial charge on any atom is 0.228 e. The molecular formula is C19H14N2O4. The molecular weight excluding hydrogens is 320 g/mol. The number of hydrogen-bond donors (Lipinski definition) is 2. The molecule has 0 saturated heterocycles. The van der Waals surface area contributed by atoms with Crippen molar-refractivity contribution in [3.05, 3.63) is 66.2 Å². The van der Waals surface area contributed by atoms with E-state index in [2.05, 4.69) is 5.10 Å². The van der Waals surface area contributed by atoms with E-state index in [1.165, 1.54) is 4.68 Å². The van der Waals surface area contributed by atoms with Gasteiger partial charge >= 0.3 is 0 Å². The molecule has 2 atom stereocenters. The summed E-state index contributed by atoms with van der Waals surface area (Å²) in [6.07, 6.45) is -1.45. The first-order valence-corrected chi connectivity index (χ1v) is 7.78. The molecule has 1 saturated carbocycles. The van der Waals surface area contributed by atoms with Gasteiger partial charge in [-0.1, -0.05) is 48.5 Å². The molecule has 0 amide bonds. The standard InChI is InChI=1S/C19H14N2O4/c22-16-14(17(23)18(16)24)13-15(11-7-3-1-4-8-11)20-21(19(13)25)12-9-5-2-6-10-12/h1-10,14,16,22,25H. The first-order valence-electron chi connectivity index (χ1n) is 7.78. The zero-order valence-electron chi connectivity index (χ0n) is 13.0. The van der Waals surface area contributed by atoms with Crippen molar-refractivity contribution >= 4 is 11.6 Å². The summed E-state index contributed by atoms with van der Waals surface area (Å²) in [5, 5.41) is 25.1. The molecule has 0 aliphatic heterocycles. The Bertz CT molecular complexity index is 964. The van der Waals surface area contributed by atoms with Gasteiger partial charge in [0.25, 0.3) is 0 Å². The van der Waals surface area contributed by atoms with E-state index in [4.69, 9.17) is 0 Å². The molecule has 1 aliphatic rings. The molecule has 0 radical (unpaired) electrons. The topological polar surface area (TPSA) is 92.4 Å². The summed E-state index contributed by atoms with van der Waals surface area (Å²) in [6, 6.07) is 18.0. The van der Waals surface area contributed by atoms with E-state index in [0.29, 0.717) is 16.9 Å². The number of Topliss-reactive ketones (excluding diaryl/α,β-unsaturated/α-hetero) is 2. The minimum Gasteiger partial charge on any atom is -0.493 e. The van der Waals surface area contributed by atoms with Crippen LogP contribution in [-0.2, 0) is 9.59 Å². The molecule has 0 spiro atoms. The average Bonchev–Trinajstić information content (AvgIpc) is 3.00. The van der Waals surface area contributed by atoms with Gasteiger partial charge in [-0.15, -0.1) is 0 Å². The van der Waals surface area contributed by atoms with Crippen LogP contribution in [-0.4, -0.2) is 37.7 Å². The highest BCUT2D eigenvalue weighted by atomic mass is 16.3. The van der Waals surface area contributed by atoms with Crippen LogP contribution in [0.2, 0.25) is 0 Å². The number of benzene rings is 2. The number of aliphatic hydroxyl groups excluding tert-OH is 1. The second-order valence-electron chi connectivity index (χ2n) is 5.85. The number of carbonyl (C=O) groups is 2. The summed E-state index contributed by atoms with van der Waals surface area (Å²) in [6.45, 7) is 0. The zero-order valence-corrected chi connectivity index (χ0v) is 13.0. The number of carbonyl (C=O) groups excluding carboxylic acids is 2. The molecule has 1 heterocycles. The van der Waals surface area contributed by atoms with E-state index in [1.807, 2.05) is 24.3 Å². The van der Waals surface area contributed by atoms with E-state index in [9.17, 15) is 19.8 Å². The van der Waals surface area contributed by atoms with Gasteiger partial charge in [0.05, 0.1) is 17.2 Å². The Morgan fingerprint density at radius 2 is 1.48 bits per heavy atom. The van der Waals surface area contributed by atoms with Gasteiger partial charge in [-0.3, -0.25) is 9.59 Å². The van der Waals surface area contributed by atoms with Gasteiger partial charge in [-0.25, -0.2) is 4.68 Å². The Kier molecular flexibility index (Phi) is 3.47. The van der Waals surface area contributed by atoms with Crippen LogP contribution in [0.25, 0.3) is 16.9 Å². The van der Waals surface area contributed by atoms with Crippen molar-refractivity contribution in [3.63, 3.8) is 0 Å². The molecule has 6 heteroatoms. The Balaban J connectivity index is 1.94. The van der Waals surface area contributed by atoms with Gasteiger partial charge in [0.2, 0.25) is 17.4 Å². The van der Waals surface area contributed by atoms with E-state index >= 15 is 0 Å². The summed E-state index contributed by atoms with van der Waals surface area (Å²) in [7, 11) is 0. The molecule has 124 valence electrons. The monoisotopic (exact) mass is 334 g/mol. The summed E-state index contributed by atoms with van der Waals surface area (Å²) in [5.41, 5.74) is 1.83. The minimum atomic E-state index is -1.45. The van der Waals surface area contributed by atoms with Crippen LogP contribution < -0.4 is 0 Å². The van der Waals surface area contributed by atoms with E-state index in [0.717, 1.165) is 0 Å². The van der Waals surface area contributed by atoms with E-state index in [-0.39, 0.29) is 11.4 Å². The quantitative estimate of drug-likeness (QED) is 0.713. The van der Waals surface area contributed by atoms with Crippen LogP contribution in [0.15, 0.2) is 60.7 Å². The zero-order chi connectivity index (χ0) is 17.6. The summed E-state index contributed by atoms with van der Waals surface area (Å²) < 4.78 is 1.31. The highest BCUT2D eigenvalue weighted by Crippen LogP contribution is 2.42. The summed E-state index contributed by atoms with van der Waals surface area (Å²) in [5.74, 6) is -2.90. The van der Waals surface area contributed by atoms with Crippen molar-refractivity contribution in [1.29, 1.82) is 0 Å². The molecule has 2 aromatic carbocycles. The second-order valence-corrected chi connectivity index (χ2v) is 5.85. The van der Waals surface area contributed by atoms with Crippen LogP contribution in [0.1, 0.15) is 11.5 Å². The molecule has 4 rings (SSSR count). The Labute approximate surface area is 143 Å². The van der Waals surface area contributed by atoms with Crippen molar-refractivity contribution in [2.75, 3.05) is 0 Å². The third kappa shape index (κ3) is 2.27. The van der Waals surface area contributed by atoms with Crippen LogP contribution in [0.5, 0.6) is 5.88 Å². The number of para-hydroxylation sites is 1. The van der Waals surface area contributed by atoms with Crippen molar-refractivity contribution in [1.82, 2.24) is 9.78 Å². The van der Waals surface area contributed by atoms with Crippen molar-refractivity contribution in [3.8, 4) is 22.8 Å². The molecule has 3 aromatic rings. The van der Waals surface area contributed by atoms with Crippen LogP contribution in [0.4, 0.5) is 0 Å². The first kappa shape index (κ1) is 15.3. The van der Waals surface area contributed by atoms with Crippen molar-refractivity contribution in [2.45, 2.75) is 12.0 Å². The lowest BCUT2D eigenvalue weighted by molar-refractivity contribution is -0.154.